The molecule has 1 saturated carbocycles. The third kappa shape index (κ3) is 4.14. The Bertz CT molecular complexity index is 472. The van der Waals surface area contributed by atoms with E-state index in [1.54, 1.807) is 0 Å². The van der Waals surface area contributed by atoms with Gasteiger partial charge in [0.2, 0.25) is 0 Å². The highest BCUT2D eigenvalue weighted by Gasteiger charge is 2.40. The average Bonchev–Trinajstić information content (AvgIpc) is 2.61. The van der Waals surface area contributed by atoms with E-state index in [-0.39, 0.29) is 12.0 Å². The molecule has 1 saturated heterocycles. The molecule has 23 heavy (non-hydrogen) atoms. The summed E-state index contributed by atoms with van der Waals surface area (Å²) in [5.41, 5.74) is 0.219. The van der Waals surface area contributed by atoms with Gasteiger partial charge in [0.1, 0.15) is 0 Å². The van der Waals surface area contributed by atoms with E-state index in [2.05, 4.69) is 17.0 Å². The molecule has 1 aliphatic heterocycles. The fourth-order valence-electron chi connectivity index (χ4n) is 4.42. The van der Waals surface area contributed by atoms with Crippen LogP contribution in [-0.4, -0.2) is 40.9 Å². The highest BCUT2D eigenvalue weighted by Crippen LogP contribution is 2.42. The molecule has 0 amide bonds. The van der Waals surface area contributed by atoms with E-state index < -0.39 is 5.60 Å². The minimum Gasteiger partial charge on any atom is -0.393 e. The van der Waals surface area contributed by atoms with E-state index in [1.807, 2.05) is 18.2 Å². The second-order valence-electron chi connectivity index (χ2n) is 7.46. The molecule has 2 aliphatic rings. The highest BCUT2D eigenvalue weighted by atomic mass is 16.3. The van der Waals surface area contributed by atoms with Crippen molar-refractivity contribution in [2.45, 2.75) is 63.1 Å². The van der Waals surface area contributed by atoms with Crippen molar-refractivity contribution in [1.29, 1.82) is 0 Å². The van der Waals surface area contributed by atoms with E-state index in [9.17, 15) is 10.2 Å². The molecule has 3 unspecified atom stereocenters. The molecule has 2 N–H and O–H groups in total. The topological polar surface area (TPSA) is 43.7 Å². The van der Waals surface area contributed by atoms with Gasteiger partial charge in [0.15, 0.2) is 0 Å². The molecule has 1 heterocycles. The summed E-state index contributed by atoms with van der Waals surface area (Å²) in [6, 6.07) is 10.1. The first-order valence-corrected chi connectivity index (χ1v) is 9.37. The summed E-state index contributed by atoms with van der Waals surface area (Å²) in [7, 11) is 0. The van der Waals surface area contributed by atoms with Gasteiger partial charge in [-0.15, -0.1) is 0 Å². The number of aliphatic hydroxyl groups is 2. The average molecular weight is 317 g/mol. The van der Waals surface area contributed by atoms with E-state index in [0.717, 1.165) is 57.3 Å². The first kappa shape index (κ1) is 16.9. The molecule has 0 spiro atoms. The van der Waals surface area contributed by atoms with Crippen molar-refractivity contribution in [1.82, 2.24) is 4.90 Å². The molecule has 3 heteroatoms. The first-order valence-electron chi connectivity index (χ1n) is 9.37. The van der Waals surface area contributed by atoms with Crippen molar-refractivity contribution < 1.29 is 10.2 Å². The molecule has 2 fully saturated rings. The molecule has 3 atom stereocenters. The molecule has 1 aromatic rings. The van der Waals surface area contributed by atoms with Crippen molar-refractivity contribution in [2.24, 2.45) is 5.92 Å². The fourth-order valence-corrected chi connectivity index (χ4v) is 4.42. The molecule has 1 aliphatic carbocycles. The first-order chi connectivity index (χ1) is 11.2. The SMILES string of the molecule is OC1CCCC(C(O)(CCN2CCCCC2)c2ccccc2)C1. The van der Waals surface area contributed by atoms with Crippen LogP contribution in [0.15, 0.2) is 30.3 Å². The number of nitrogens with zero attached hydrogens (tertiary/aromatic N) is 1. The number of piperidine rings is 1. The second kappa shape index (κ2) is 7.78. The highest BCUT2D eigenvalue weighted by molar-refractivity contribution is 5.23. The summed E-state index contributed by atoms with van der Waals surface area (Å²) in [5.74, 6) is 0.165. The van der Waals surface area contributed by atoms with Gasteiger partial charge < -0.3 is 15.1 Å². The number of likely N-dealkylation sites (tertiary alicyclic amines) is 1. The smallest absolute Gasteiger partial charge is 0.0937 e. The monoisotopic (exact) mass is 317 g/mol. The molecular weight excluding hydrogens is 286 g/mol. The number of hydrogen-bond donors (Lipinski definition) is 2. The number of benzene rings is 1. The van der Waals surface area contributed by atoms with Gasteiger partial charge in [-0.3, -0.25) is 0 Å². The van der Waals surface area contributed by atoms with Crippen molar-refractivity contribution in [3.8, 4) is 0 Å². The Balaban J connectivity index is 1.75. The maximum atomic E-state index is 11.6. The predicted molar refractivity (Wildman–Crippen MR) is 93.2 cm³/mol. The molecule has 0 aromatic heterocycles. The second-order valence-corrected chi connectivity index (χ2v) is 7.46. The third-order valence-corrected chi connectivity index (χ3v) is 5.85. The largest absolute Gasteiger partial charge is 0.393 e. The minimum absolute atomic E-state index is 0.165. The van der Waals surface area contributed by atoms with E-state index >= 15 is 0 Å². The summed E-state index contributed by atoms with van der Waals surface area (Å²) < 4.78 is 0. The van der Waals surface area contributed by atoms with Crippen LogP contribution in [0.25, 0.3) is 0 Å². The third-order valence-electron chi connectivity index (χ3n) is 5.85. The van der Waals surface area contributed by atoms with Crippen LogP contribution in [0.3, 0.4) is 0 Å². The van der Waals surface area contributed by atoms with E-state index in [4.69, 9.17) is 0 Å². The Morgan fingerprint density at radius 1 is 1.00 bits per heavy atom. The molecule has 0 bridgehead atoms. The lowest BCUT2D eigenvalue weighted by molar-refractivity contribution is -0.0717. The van der Waals surface area contributed by atoms with Crippen molar-refractivity contribution in [3.05, 3.63) is 35.9 Å². The molecule has 3 rings (SSSR count). The number of hydrogen-bond acceptors (Lipinski definition) is 3. The molecule has 0 radical (unpaired) electrons. The van der Waals surface area contributed by atoms with E-state index in [1.165, 1.54) is 19.3 Å². The molecule has 3 nitrogen and oxygen atoms in total. The van der Waals surface area contributed by atoms with Crippen molar-refractivity contribution >= 4 is 0 Å². The van der Waals surface area contributed by atoms with Crippen LogP contribution >= 0.6 is 0 Å². The van der Waals surface area contributed by atoms with Gasteiger partial charge in [0.05, 0.1) is 11.7 Å². The van der Waals surface area contributed by atoms with Crippen LogP contribution in [0.4, 0.5) is 0 Å². The minimum atomic E-state index is -0.805. The molecule has 1 aromatic carbocycles. The maximum Gasteiger partial charge on any atom is 0.0937 e. The summed E-state index contributed by atoms with van der Waals surface area (Å²) in [6.45, 7) is 3.29. The lowest BCUT2D eigenvalue weighted by atomic mass is 9.71. The Morgan fingerprint density at radius 2 is 1.74 bits per heavy atom. The number of rotatable bonds is 5. The quantitative estimate of drug-likeness (QED) is 0.876. The van der Waals surface area contributed by atoms with Crippen LogP contribution in [0.1, 0.15) is 56.9 Å². The van der Waals surface area contributed by atoms with Gasteiger partial charge >= 0.3 is 0 Å². The standard InChI is InChI=1S/C20H31NO2/c22-19-11-7-10-18(16-19)20(23,17-8-3-1-4-9-17)12-15-21-13-5-2-6-14-21/h1,3-4,8-9,18-19,22-23H,2,5-7,10-16H2. The molecular formula is C20H31NO2. The Labute approximate surface area is 140 Å². The van der Waals surface area contributed by atoms with Gasteiger partial charge in [-0.1, -0.05) is 43.2 Å². The van der Waals surface area contributed by atoms with Crippen LogP contribution in [0.2, 0.25) is 0 Å². The zero-order valence-corrected chi connectivity index (χ0v) is 14.2. The zero-order valence-electron chi connectivity index (χ0n) is 14.2. The Hall–Kier alpha value is -0.900. The summed E-state index contributed by atoms with van der Waals surface area (Å²) >= 11 is 0. The van der Waals surface area contributed by atoms with Gasteiger partial charge in [-0.05, 0) is 63.1 Å². The van der Waals surface area contributed by atoms with Crippen molar-refractivity contribution in [3.63, 3.8) is 0 Å². The molecule has 128 valence electrons. The van der Waals surface area contributed by atoms with E-state index in [0.29, 0.717) is 0 Å². The van der Waals surface area contributed by atoms with Gasteiger partial charge in [0.25, 0.3) is 0 Å². The van der Waals surface area contributed by atoms with Gasteiger partial charge in [-0.2, -0.15) is 0 Å². The summed E-state index contributed by atoms with van der Waals surface area (Å²) in [4.78, 5) is 2.50. The van der Waals surface area contributed by atoms with Gasteiger partial charge in [-0.25, -0.2) is 0 Å². The summed E-state index contributed by atoms with van der Waals surface area (Å²) in [6.07, 6.45) is 8.07. The lowest BCUT2D eigenvalue weighted by Crippen LogP contribution is -2.43. The zero-order chi connectivity index (χ0) is 16.1. The predicted octanol–water partition coefficient (Wildman–Crippen LogP) is 3.30. The van der Waals surface area contributed by atoms with Crippen LogP contribution < -0.4 is 0 Å². The van der Waals surface area contributed by atoms with Crippen LogP contribution in [-0.2, 0) is 5.60 Å². The van der Waals surface area contributed by atoms with Crippen molar-refractivity contribution in [2.75, 3.05) is 19.6 Å². The Kier molecular flexibility index (Phi) is 5.73. The lowest BCUT2D eigenvalue weighted by Gasteiger charge is -2.42. The fraction of sp³-hybridized carbons (Fsp3) is 0.700. The van der Waals surface area contributed by atoms with Gasteiger partial charge in [0, 0.05) is 6.54 Å². The van der Waals surface area contributed by atoms with Crippen LogP contribution in [0.5, 0.6) is 0 Å². The van der Waals surface area contributed by atoms with Crippen LogP contribution in [0, 0.1) is 5.92 Å². The summed E-state index contributed by atoms with van der Waals surface area (Å²) in [5, 5.41) is 21.7. The normalized spacial score (nSPS) is 29.1. The maximum absolute atomic E-state index is 11.6. The number of aliphatic hydroxyl groups excluding tert-OH is 1. The Morgan fingerprint density at radius 3 is 2.43 bits per heavy atom.